The fourth-order valence-corrected chi connectivity index (χ4v) is 3.46. The zero-order valence-electron chi connectivity index (χ0n) is 11.9. The van der Waals surface area contributed by atoms with Gasteiger partial charge in [-0.15, -0.1) is 0 Å². The van der Waals surface area contributed by atoms with E-state index in [0.717, 1.165) is 41.8 Å². The number of nitrogens with zero attached hydrogens (tertiary/aromatic N) is 2. The number of benzene rings is 1. The molecule has 0 bridgehead atoms. The smallest absolute Gasteiger partial charge is 0.246 e. The van der Waals surface area contributed by atoms with Gasteiger partial charge in [0.2, 0.25) is 11.8 Å². The van der Waals surface area contributed by atoms with Gasteiger partial charge in [0.05, 0.1) is 5.71 Å². The van der Waals surface area contributed by atoms with Crippen LogP contribution in [-0.2, 0) is 16.0 Å². The quantitative estimate of drug-likeness (QED) is 0.854. The Morgan fingerprint density at radius 1 is 1.19 bits per heavy atom. The molecular weight excluding hydrogens is 266 g/mol. The Labute approximate surface area is 123 Å². The molecule has 108 valence electrons. The first-order valence-corrected chi connectivity index (χ1v) is 7.42. The fraction of sp³-hybridized carbons (Fsp3) is 0.438. The molecule has 2 unspecified atom stereocenters. The van der Waals surface area contributed by atoms with E-state index in [1.165, 1.54) is 5.01 Å². The van der Waals surface area contributed by atoms with E-state index < -0.39 is 0 Å². The molecule has 2 atom stereocenters. The van der Waals surface area contributed by atoms with Crippen LogP contribution >= 0.6 is 0 Å². The molecule has 5 nitrogen and oxygen atoms in total. The van der Waals surface area contributed by atoms with Crippen molar-refractivity contribution in [3.8, 4) is 0 Å². The van der Waals surface area contributed by atoms with Crippen molar-refractivity contribution in [2.24, 2.45) is 16.9 Å². The van der Waals surface area contributed by atoms with Crippen LogP contribution in [0.15, 0.2) is 23.3 Å². The van der Waals surface area contributed by atoms with Gasteiger partial charge in [0.1, 0.15) is 0 Å². The maximum Gasteiger partial charge on any atom is 0.246 e. The third kappa shape index (κ3) is 1.87. The molecule has 1 saturated carbocycles. The summed E-state index contributed by atoms with van der Waals surface area (Å²) < 4.78 is 0. The van der Waals surface area contributed by atoms with Gasteiger partial charge in [-0.05, 0) is 42.5 Å². The van der Waals surface area contributed by atoms with Gasteiger partial charge < -0.3 is 5.32 Å². The average molecular weight is 283 g/mol. The van der Waals surface area contributed by atoms with Gasteiger partial charge in [0.25, 0.3) is 0 Å². The molecule has 1 aromatic carbocycles. The van der Waals surface area contributed by atoms with Gasteiger partial charge >= 0.3 is 0 Å². The van der Waals surface area contributed by atoms with Crippen LogP contribution in [0.5, 0.6) is 0 Å². The molecule has 2 amide bonds. The summed E-state index contributed by atoms with van der Waals surface area (Å²) >= 11 is 0. The van der Waals surface area contributed by atoms with E-state index in [1.54, 1.807) is 7.05 Å². The summed E-state index contributed by atoms with van der Waals surface area (Å²) in [6, 6.07) is 6.07. The molecule has 0 saturated heterocycles. The van der Waals surface area contributed by atoms with Gasteiger partial charge in [-0.2, -0.15) is 5.10 Å². The van der Waals surface area contributed by atoms with Crippen molar-refractivity contribution in [3.05, 3.63) is 29.3 Å². The van der Waals surface area contributed by atoms with E-state index in [1.807, 2.05) is 12.1 Å². The number of carbonyl (C=O) groups excluding carboxylic acids is 2. The highest BCUT2D eigenvalue weighted by Crippen LogP contribution is 2.41. The normalized spacial score (nSPS) is 27.3. The van der Waals surface area contributed by atoms with Gasteiger partial charge in [0.15, 0.2) is 0 Å². The van der Waals surface area contributed by atoms with Crippen molar-refractivity contribution in [2.45, 2.75) is 25.7 Å². The van der Waals surface area contributed by atoms with Crippen molar-refractivity contribution in [3.63, 3.8) is 0 Å². The maximum absolute atomic E-state index is 12.0. The van der Waals surface area contributed by atoms with E-state index >= 15 is 0 Å². The first kappa shape index (κ1) is 12.6. The zero-order valence-corrected chi connectivity index (χ0v) is 11.9. The van der Waals surface area contributed by atoms with Gasteiger partial charge in [-0.25, -0.2) is 5.01 Å². The molecule has 21 heavy (non-hydrogen) atoms. The fourth-order valence-electron chi connectivity index (χ4n) is 3.46. The van der Waals surface area contributed by atoms with Gasteiger partial charge in [-0.3, -0.25) is 9.59 Å². The highest BCUT2D eigenvalue weighted by molar-refractivity contribution is 6.08. The van der Waals surface area contributed by atoms with E-state index in [9.17, 15) is 9.59 Å². The predicted octanol–water partition coefficient (Wildman–Crippen LogP) is 1.77. The largest absolute Gasteiger partial charge is 0.326 e. The van der Waals surface area contributed by atoms with Crippen molar-refractivity contribution < 1.29 is 9.59 Å². The third-order valence-electron chi connectivity index (χ3n) is 4.82. The summed E-state index contributed by atoms with van der Waals surface area (Å²) in [5, 5.41) is 8.87. The minimum atomic E-state index is 0.0784. The van der Waals surface area contributed by atoms with E-state index in [2.05, 4.69) is 16.5 Å². The number of hydrazone groups is 1. The zero-order chi connectivity index (χ0) is 14.6. The topological polar surface area (TPSA) is 61.8 Å². The van der Waals surface area contributed by atoms with Crippen LogP contribution in [0.2, 0.25) is 0 Å². The van der Waals surface area contributed by atoms with Crippen molar-refractivity contribution in [1.82, 2.24) is 5.01 Å². The molecule has 0 spiro atoms. The summed E-state index contributed by atoms with van der Waals surface area (Å²) in [4.78, 5) is 23.4. The van der Waals surface area contributed by atoms with Crippen LogP contribution in [0.3, 0.4) is 0 Å². The highest BCUT2D eigenvalue weighted by Gasteiger charge is 2.44. The number of nitrogens with one attached hydrogen (secondary N) is 1. The monoisotopic (exact) mass is 283 g/mol. The lowest BCUT2D eigenvalue weighted by molar-refractivity contribution is -0.139. The number of amides is 2. The molecule has 0 radical (unpaired) electrons. The number of fused-ring (bicyclic) bond motifs is 2. The Kier molecular flexibility index (Phi) is 2.64. The number of anilines is 1. The Bertz CT molecular complexity index is 680. The Hall–Kier alpha value is -2.17. The van der Waals surface area contributed by atoms with Crippen LogP contribution < -0.4 is 5.32 Å². The first-order chi connectivity index (χ1) is 10.1. The number of aryl methyl sites for hydroxylation is 1. The lowest BCUT2D eigenvalue weighted by Gasteiger charge is -2.41. The second kappa shape index (κ2) is 4.41. The molecule has 4 rings (SSSR count). The first-order valence-electron chi connectivity index (χ1n) is 7.42. The lowest BCUT2D eigenvalue weighted by Crippen LogP contribution is -2.48. The van der Waals surface area contributed by atoms with E-state index in [0.29, 0.717) is 6.42 Å². The molecule has 2 aliphatic heterocycles. The summed E-state index contributed by atoms with van der Waals surface area (Å²) in [7, 11) is 1.73. The minimum absolute atomic E-state index is 0.0784. The molecule has 0 aromatic heterocycles. The van der Waals surface area contributed by atoms with Crippen molar-refractivity contribution in [1.29, 1.82) is 0 Å². The van der Waals surface area contributed by atoms with Crippen LogP contribution in [0, 0.1) is 11.8 Å². The lowest BCUT2D eigenvalue weighted by atomic mass is 9.68. The second-order valence-electron chi connectivity index (χ2n) is 6.06. The molecule has 1 fully saturated rings. The Morgan fingerprint density at radius 2 is 2.00 bits per heavy atom. The van der Waals surface area contributed by atoms with E-state index in [-0.39, 0.29) is 23.7 Å². The number of rotatable bonds is 1. The van der Waals surface area contributed by atoms with Gasteiger partial charge in [0, 0.05) is 31.0 Å². The summed E-state index contributed by atoms with van der Waals surface area (Å²) in [6.45, 7) is 0. The SMILES string of the molecule is CN1N=C(c2ccc3c(c2)CCC(=O)N3)C2CCC2C1=O. The number of hydrogen-bond acceptors (Lipinski definition) is 3. The maximum atomic E-state index is 12.0. The second-order valence-corrected chi connectivity index (χ2v) is 6.06. The Balaban J connectivity index is 1.72. The highest BCUT2D eigenvalue weighted by atomic mass is 16.2. The Morgan fingerprint density at radius 3 is 2.76 bits per heavy atom. The predicted molar refractivity (Wildman–Crippen MR) is 78.9 cm³/mol. The molecule has 1 aliphatic carbocycles. The minimum Gasteiger partial charge on any atom is -0.326 e. The molecule has 5 heteroatoms. The van der Waals surface area contributed by atoms with Crippen LogP contribution in [-0.4, -0.2) is 29.6 Å². The molecule has 3 aliphatic rings. The summed E-state index contributed by atoms with van der Waals surface area (Å²) in [5.41, 5.74) is 4.17. The number of hydrogen-bond donors (Lipinski definition) is 1. The average Bonchev–Trinajstić information content (AvgIpc) is 2.43. The third-order valence-corrected chi connectivity index (χ3v) is 4.82. The molecular formula is C16H17N3O2. The standard InChI is InChI=1S/C16H17N3O2/c1-19-16(21)12-5-4-11(12)15(18-19)10-2-6-13-9(8-10)3-7-14(20)17-13/h2,6,8,11-12H,3-5,7H2,1H3,(H,17,20). The molecule has 1 N–H and O–H groups in total. The molecule has 1 aromatic rings. The number of carbonyl (C=O) groups is 2. The van der Waals surface area contributed by atoms with Crippen molar-refractivity contribution in [2.75, 3.05) is 12.4 Å². The van der Waals surface area contributed by atoms with Crippen LogP contribution in [0.1, 0.15) is 30.4 Å². The molecule has 2 heterocycles. The van der Waals surface area contributed by atoms with Crippen LogP contribution in [0.4, 0.5) is 5.69 Å². The summed E-state index contributed by atoms with van der Waals surface area (Å²) in [5.74, 6) is 0.595. The van der Waals surface area contributed by atoms with Gasteiger partial charge in [-0.1, -0.05) is 6.07 Å². The summed E-state index contributed by atoms with van der Waals surface area (Å²) in [6.07, 6.45) is 3.31. The van der Waals surface area contributed by atoms with Crippen LogP contribution in [0.25, 0.3) is 0 Å². The van der Waals surface area contributed by atoms with E-state index in [4.69, 9.17) is 0 Å². The van der Waals surface area contributed by atoms with Crippen molar-refractivity contribution >= 4 is 23.2 Å².